The highest BCUT2D eigenvalue weighted by molar-refractivity contribution is 5.80. The van der Waals surface area contributed by atoms with Crippen LogP contribution in [0.4, 0.5) is 0 Å². The smallest absolute Gasteiger partial charge is 0.249 e. The minimum absolute atomic E-state index is 0.267. The summed E-state index contributed by atoms with van der Waals surface area (Å²) < 4.78 is 11.1. The molecule has 0 aromatic heterocycles. The van der Waals surface area contributed by atoms with Gasteiger partial charge in [-0.05, 0) is 12.8 Å². The Hall–Kier alpha value is -0.890. The molecule has 0 aliphatic carbocycles. The average molecular weight is 930 g/mol. The molecule has 1 saturated heterocycles. The SMILES string of the molecule is CCCCCCCCCCCCCCCCCCCCCCC(O)C(O)C(COC1OC(CO)C(O)C(O)C1O)NC(=O)C(O)CCCCCCCCCCCCCCCCCCCC. The van der Waals surface area contributed by atoms with E-state index in [2.05, 4.69) is 19.2 Å². The van der Waals surface area contributed by atoms with Gasteiger partial charge >= 0.3 is 0 Å². The predicted molar refractivity (Wildman–Crippen MR) is 266 cm³/mol. The monoisotopic (exact) mass is 930 g/mol. The zero-order valence-corrected chi connectivity index (χ0v) is 42.2. The molecule has 11 nitrogen and oxygen atoms in total. The van der Waals surface area contributed by atoms with Gasteiger partial charge in [-0.3, -0.25) is 4.79 Å². The Morgan fingerprint density at radius 2 is 0.800 bits per heavy atom. The number of carbonyl (C=O) groups is 1. The van der Waals surface area contributed by atoms with Gasteiger partial charge in [0.25, 0.3) is 0 Å². The second kappa shape index (κ2) is 44.3. The summed E-state index contributed by atoms with van der Waals surface area (Å²) in [6.45, 7) is 3.49. The van der Waals surface area contributed by atoms with Crippen molar-refractivity contribution in [2.45, 2.75) is 326 Å². The molecule has 8 N–H and O–H groups in total. The number of aliphatic hydroxyl groups excluding tert-OH is 7. The van der Waals surface area contributed by atoms with E-state index in [0.29, 0.717) is 19.3 Å². The standard InChI is InChI=1S/C54H107NO10/c1-3-5-7-9-11-13-15-17-19-21-23-24-26-27-29-31-33-35-37-39-41-46(57)49(59)45(44-64-54-52(62)51(61)50(60)48(43-56)65-54)55-53(63)47(58)42-40-38-36-34-32-30-28-25-22-20-18-16-14-12-10-8-6-4-2/h45-52,54,56-62H,3-44H2,1-2H3,(H,55,63). The molecule has 0 radical (unpaired) electrons. The van der Waals surface area contributed by atoms with Crippen LogP contribution >= 0.6 is 0 Å². The summed E-state index contributed by atoms with van der Waals surface area (Å²) in [7, 11) is 0. The van der Waals surface area contributed by atoms with Gasteiger partial charge in [0.1, 0.15) is 36.6 Å². The summed E-state index contributed by atoms with van der Waals surface area (Å²) in [6, 6.07) is -1.16. The number of hydrogen-bond acceptors (Lipinski definition) is 10. The molecule has 388 valence electrons. The first-order valence-electron chi connectivity index (χ1n) is 27.9. The lowest BCUT2D eigenvalue weighted by atomic mass is 9.98. The molecule has 65 heavy (non-hydrogen) atoms. The van der Waals surface area contributed by atoms with Crippen LogP contribution in [0.3, 0.4) is 0 Å². The highest BCUT2D eigenvalue weighted by atomic mass is 16.7. The molecule has 1 aliphatic rings. The molecule has 1 amide bonds. The van der Waals surface area contributed by atoms with Gasteiger partial charge in [-0.25, -0.2) is 0 Å². The van der Waals surface area contributed by atoms with Gasteiger partial charge in [-0.15, -0.1) is 0 Å². The van der Waals surface area contributed by atoms with Crippen LogP contribution in [-0.4, -0.2) is 110 Å². The lowest BCUT2D eigenvalue weighted by Gasteiger charge is -2.40. The van der Waals surface area contributed by atoms with Crippen molar-refractivity contribution in [2.24, 2.45) is 0 Å². The fourth-order valence-corrected chi connectivity index (χ4v) is 9.33. The zero-order chi connectivity index (χ0) is 47.6. The minimum Gasteiger partial charge on any atom is -0.394 e. The number of rotatable bonds is 48. The molecular formula is C54H107NO10. The van der Waals surface area contributed by atoms with Crippen molar-refractivity contribution in [1.82, 2.24) is 5.32 Å². The van der Waals surface area contributed by atoms with Gasteiger partial charge < -0.3 is 50.5 Å². The van der Waals surface area contributed by atoms with Crippen LogP contribution in [0.15, 0.2) is 0 Å². The summed E-state index contributed by atoms with van der Waals surface area (Å²) >= 11 is 0. The van der Waals surface area contributed by atoms with Gasteiger partial charge in [0.05, 0.1) is 25.4 Å². The van der Waals surface area contributed by atoms with Gasteiger partial charge in [0.2, 0.25) is 5.91 Å². The molecule has 1 rings (SSSR count). The molecule has 0 bridgehead atoms. The second-order valence-corrected chi connectivity index (χ2v) is 20.0. The van der Waals surface area contributed by atoms with Gasteiger partial charge in [0.15, 0.2) is 6.29 Å². The topological polar surface area (TPSA) is 189 Å². The third-order valence-corrected chi connectivity index (χ3v) is 13.9. The van der Waals surface area contributed by atoms with Gasteiger partial charge in [-0.1, -0.05) is 258 Å². The molecule has 11 heteroatoms. The van der Waals surface area contributed by atoms with Crippen molar-refractivity contribution in [3.05, 3.63) is 0 Å². The van der Waals surface area contributed by atoms with Crippen LogP contribution in [0.2, 0.25) is 0 Å². The molecule has 1 aliphatic heterocycles. The van der Waals surface area contributed by atoms with E-state index >= 15 is 0 Å². The number of ether oxygens (including phenoxy) is 2. The Morgan fingerprint density at radius 3 is 1.14 bits per heavy atom. The first-order chi connectivity index (χ1) is 31.7. The van der Waals surface area contributed by atoms with Crippen molar-refractivity contribution in [3.8, 4) is 0 Å². The maximum absolute atomic E-state index is 13.2. The molecule has 1 fully saturated rings. The molecule has 9 unspecified atom stereocenters. The van der Waals surface area contributed by atoms with E-state index in [9.17, 15) is 40.5 Å². The van der Waals surface area contributed by atoms with Gasteiger partial charge in [-0.2, -0.15) is 0 Å². The van der Waals surface area contributed by atoms with Crippen molar-refractivity contribution < 1.29 is 50.0 Å². The quantitative estimate of drug-likeness (QED) is 0.0273. The lowest BCUT2D eigenvalue weighted by Crippen LogP contribution is -2.60. The maximum Gasteiger partial charge on any atom is 0.249 e. The molecule has 1 heterocycles. The van der Waals surface area contributed by atoms with Crippen molar-refractivity contribution in [2.75, 3.05) is 13.2 Å². The van der Waals surface area contributed by atoms with Crippen molar-refractivity contribution in [3.63, 3.8) is 0 Å². The fraction of sp³-hybridized carbons (Fsp3) is 0.981. The zero-order valence-electron chi connectivity index (χ0n) is 42.2. The van der Waals surface area contributed by atoms with E-state index in [1.165, 1.54) is 193 Å². The largest absolute Gasteiger partial charge is 0.394 e. The molecule has 9 atom stereocenters. The van der Waals surface area contributed by atoms with Crippen molar-refractivity contribution >= 4 is 5.91 Å². The summed E-state index contributed by atoms with van der Waals surface area (Å²) in [5.41, 5.74) is 0. The van der Waals surface area contributed by atoms with Crippen LogP contribution in [-0.2, 0) is 14.3 Å². The number of nitrogens with one attached hydrogen (secondary N) is 1. The Kier molecular flexibility index (Phi) is 42.4. The van der Waals surface area contributed by atoms with Crippen LogP contribution in [0.5, 0.6) is 0 Å². The van der Waals surface area contributed by atoms with E-state index in [-0.39, 0.29) is 6.42 Å². The second-order valence-electron chi connectivity index (χ2n) is 20.0. The number of carbonyl (C=O) groups excluding carboxylic acids is 1. The minimum atomic E-state index is -1.66. The third-order valence-electron chi connectivity index (χ3n) is 13.9. The lowest BCUT2D eigenvalue weighted by molar-refractivity contribution is -0.303. The van der Waals surface area contributed by atoms with Crippen LogP contribution in [0.1, 0.15) is 271 Å². The Bertz CT molecular complexity index is 1020. The van der Waals surface area contributed by atoms with Gasteiger partial charge in [0, 0.05) is 0 Å². The Labute approximate surface area is 399 Å². The van der Waals surface area contributed by atoms with Crippen LogP contribution in [0, 0.1) is 0 Å². The molecule has 0 saturated carbocycles. The highest BCUT2D eigenvalue weighted by Crippen LogP contribution is 2.23. The van der Waals surface area contributed by atoms with E-state index in [1.54, 1.807) is 0 Å². The summed E-state index contributed by atoms with van der Waals surface area (Å²) in [5, 5.41) is 76.1. The first-order valence-corrected chi connectivity index (χ1v) is 27.9. The average Bonchev–Trinajstić information content (AvgIpc) is 3.31. The summed E-state index contributed by atoms with van der Waals surface area (Å²) in [6.07, 6.45) is 37.1. The van der Waals surface area contributed by atoms with E-state index in [4.69, 9.17) is 9.47 Å². The van der Waals surface area contributed by atoms with E-state index in [1.807, 2.05) is 0 Å². The number of aliphatic hydroxyl groups is 7. The van der Waals surface area contributed by atoms with E-state index < -0.39 is 74.2 Å². The van der Waals surface area contributed by atoms with Crippen molar-refractivity contribution in [1.29, 1.82) is 0 Å². The maximum atomic E-state index is 13.2. The normalized spacial score (nSPS) is 20.8. The summed E-state index contributed by atoms with van der Waals surface area (Å²) in [5.74, 6) is -0.690. The van der Waals surface area contributed by atoms with Crippen LogP contribution in [0.25, 0.3) is 0 Å². The first kappa shape index (κ1) is 62.1. The third kappa shape index (κ3) is 33.3. The summed E-state index contributed by atoms with van der Waals surface area (Å²) in [4.78, 5) is 13.2. The number of hydrogen-bond donors (Lipinski definition) is 8. The van der Waals surface area contributed by atoms with E-state index in [0.717, 1.165) is 38.5 Å². The molecule has 0 aromatic carbocycles. The van der Waals surface area contributed by atoms with Crippen LogP contribution < -0.4 is 5.32 Å². The number of amides is 1. The predicted octanol–water partition coefficient (Wildman–Crippen LogP) is 11.0. The molecule has 0 aromatic rings. The Morgan fingerprint density at radius 1 is 0.477 bits per heavy atom. The highest BCUT2D eigenvalue weighted by Gasteiger charge is 2.44. The Balaban J connectivity index is 2.33. The fourth-order valence-electron chi connectivity index (χ4n) is 9.33. The number of unbranched alkanes of at least 4 members (excludes halogenated alkanes) is 36. The molecule has 0 spiro atoms. The molecular weight excluding hydrogens is 823 g/mol.